The molecule has 2 aliphatic carbocycles. The van der Waals surface area contributed by atoms with Gasteiger partial charge in [0.15, 0.2) is 0 Å². The summed E-state index contributed by atoms with van der Waals surface area (Å²) in [6.07, 6.45) is 8.38. The van der Waals surface area contributed by atoms with Gasteiger partial charge in [-0.15, -0.1) is 6.58 Å². The number of hydrogen-bond acceptors (Lipinski definition) is 4. The zero-order chi connectivity index (χ0) is 22.1. The molecule has 2 fully saturated rings. The minimum absolute atomic E-state index is 0.0152. The van der Waals surface area contributed by atoms with Crippen LogP contribution in [0.25, 0.3) is 0 Å². The van der Waals surface area contributed by atoms with E-state index in [4.69, 9.17) is 4.74 Å². The third kappa shape index (κ3) is 3.62. The maximum Gasteiger partial charge on any atom is 0.255 e. The predicted octanol–water partition coefficient (Wildman–Crippen LogP) is 3.41. The monoisotopic (exact) mass is 431 g/mol. The summed E-state index contributed by atoms with van der Waals surface area (Å²) in [6.45, 7) is 5.53. The van der Waals surface area contributed by atoms with Crippen molar-refractivity contribution in [1.82, 2.24) is 15.2 Å². The van der Waals surface area contributed by atoms with E-state index in [0.717, 1.165) is 31.2 Å². The van der Waals surface area contributed by atoms with Gasteiger partial charge in [0.1, 0.15) is 0 Å². The Morgan fingerprint density at radius 2 is 1.97 bits per heavy atom. The molecule has 2 atom stereocenters. The average Bonchev–Trinajstić information content (AvgIpc) is 3.66. The van der Waals surface area contributed by atoms with E-state index in [1.807, 2.05) is 17.0 Å². The first-order valence-corrected chi connectivity index (χ1v) is 11.5. The van der Waals surface area contributed by atoms with Crippen LogP contribution in [0.3, 0.4) is 0 Å². The molecule has 1 aromatic carbocycles. The minimum atomic E-state index is -0.243. The number of rotatable bonds is 6. The molecule has 1 aromatic heterocycles. The van der Waals surface area contributed by atoms with Gasteiger partial charge in [-0.3, -0.25) is 14.6 Å². The van der Waals surface area contributed by atoms with E-state index < -0.39 is 0 Å². The number of benzene rings is 1. The molecule has 0 unspecified atom stereocenters. The summed E-state index contributed by atoms with van der Waals surface area (Å²) in [7, 11) is 0. The van der Waals surface area contributed by atoms with Crippen LogP contribution < -0.4 is 5.32 Å². The van der Waals surface area contributed by atoms with Gasteiger partial charge in [-0.25, -0.2) is 0 Å². The van der Waals surface area contributed by atoms with Crippen LogP contribution in [0.5, 0.6) is 0 Å². The van der Waals surface area contributed by atoms with Crippen molar-refractivity contribution >= 4 is 11.8 Å². The minimum Gasteiger partial charge on any atom is -0.371 e. The number of aromatic nitrogens is 1. The average molecular weight is 432 g/mol. The Bertz CT molecular complexity index is 1010. The zero-order valence-corrected chi connectivity index (χ0v) is 18.2. The highest BCUT2D eigenvalue weighted by molar-refractivity contribution is 5.94. The molecule has 5 rings (SSSR count). The molecule has 0 radical (unpaired) electrons. The molecule has 3 aliphatic rings. The fourth-order valence-corrected chi connectivity index (χ4v) is 5.39. The zero-order valence-electron chi connectivity index (χ0n) is 18.2. The fraction of sp³-hybridized carbons (Fsp3) is 0.423. The number of ether oxygens (including phenoxy) is 1. The molecule has 6 nitrogen and oxygen atoms in total. The summed E-state index contributed by atoms with van der Waals surface area (Å²) in [5.41, 5.74) is 2.75. The van der Waals surface area contributed by atoms with Crippen LogP contribution in [-0.4, -0.2) is 47.5 Å². The van der Waals surface area contributed by atoms with E-state index in [1.54, 1.807) is 24.5 Å². The summed E-state index contributed by atoms with van der Waals surface area (Å²) < 4.78 is 6.38. The molecule has 1 spiro atoms. The predicted molar refractivity (Wildman–Crippen MR) is 121 cm³/mol. The molecule has 1 saturated heterocycles. The largest absolute Gasteiger partial charge is 0.371 e. The van der Waals surface area contributed by atoms with Crippen molar-refractivity contribution < 1.29 is 14.3 Å². The highest BCUT2D eigenvalue weighted by atomic mass is 16.5. The number of amides is 2. The summed E-state index contributed by atoms with van der Waals surface area (Å²) in [4.78, 5) is 31.7. The van der Waals surface area contributed by atoms with Crippen molar-refractivity contribution in [3.63, 3.8) is 0 Å². The number of nitrogens with one attached hydrogen (secondary N) is 1. The first kappa shape index (κ1) is 20.9. The lowest BCUT2D eigenvalue weighted by Crippen LogP contribution is -2.52. The van der Waals surface area contributed by atoms with Crippen LogP contribution in [-0.2, 0) is 14.9 Å². The Balaban J connectivity index is 1.43. The first-order valence-electron chi connectivity index (χ1n) is 11.5. The van der Waals surface area contributed by atoms with Crippen LogP contribution in [0.4, 0.5) is 0 Å². The lowest BCUT2D eigenvalue weighted by Gasteiger charge is -2.44. The van der Waals surface area contributed by atoms with Gasteiger partial charge in [-0.1, -0.05) is 30.3 Å². The standard InChI is InChI=1S/C26H29N3O3/c1-2-16-32-23-22(28-24(30)18-9-10-18)20-7-3-4-8-21(20)26(23)11-14-29(15-12-26)25(31)19-6-5-13-27-17-19/h2-8,13,17-18,22-23H,1,9-12,14-16H2,(H,28,30)/t22-,23+/m1/s1. The third-order valence-electron chi connectivity index (χ3n) is 7.17. The number of nitrogens with zero attached hydrogens (tertiary/aromatic N) is 2. The van der Waals surface area contributed by atoms with E-state index in [1.165, 1.54) is 5.56 Å². The molecule has 32 heavy (non-hydrogen) atoms. The van der Waals surface area contributed by atoms with Gasteiger partial charge in [0.25, 0.3) is 5.91 Å². The maximum absolute atomic E-state index is 13.0. The Kier molecular flexibility index (Phi) is 5.55. The maximum atomic E-state index is 13.0. The first-order chi connectivity index (χ1) is 15.6. The molecule has 1 N–H and O–H groups in total. The topological polar surface area (TPSA) is 71.5 Å². The third-order valence-corrected chi connectivity index (χ3v) is 7.17. The molecule has 1 aliphatic heterocycles. The van der Waals surface area contributed by atoms with Crippen LogP contribution in [0, 0.1) is 5.92 Å². The van der Waals surface area contributed by atoms with Crippen LogP contribution in [0.2, 0.25) is 0 Å². The smallest absolute Gasteiger partial charge is 0.255 e. The van der Waals surface area contributed by atoms with E-state index >= 15 is 0 Å². The number of likely N-dealkylation sites (tertiary alicyclic amines) is 1. The van der Waals surface area contributed by atoms with E-state index in [-0.39, 0.29) is 35.3 Å². The Hall–Kier alpha value is -2.99. The van der Waals surface area contributed by atoms with E-state index in [9.17, 15) is 9.59 Å². The highest BCUT2D eigenvalue weighted by Crippen LogP contribution is 2.52. The van der Waals surface area contributed by atoms with Crippen LogP contribution in [0.1, 0.15) is 53.2 Å². The van der Waals surface area contributed by atoms with Crippen molar-refractivity contribution in [2.24, 2.45) is 5.92 Å². The fourth-order valence-electron chi connectivity index (χ4n) is 5.39. The summed E-state index contributed by atoms with van der Waals surface area (Å²) in [5, 5.41) is 3.30. The summed E-state index contributed by atoms with van der Waals surface area (Å²) >= 11 is 0. The molecular formula is C26H29N3O3. The molecule has 1 saturated carbocycles. The molecule has 2 amide bonds. The Labute approximate surface area is 188 Å². The number of carbonyl (C=O) groups is 2. The molecule has 2 heterocycles. The van der Waals surface area contributed by atoms with Gasteiger partial charge < -0.3 is 15.0 Å². The second-order valence-electron chi connectivity index (χ2n) is 9.08. The quantitative estimate of drug-likeness (QED) is 0.712. The second-order valence-corrected chi connectivity index (χ2v) is 9.08. The van der Waals surface area contributed by atoms with Gasteiger partial charge in [0.2, 0.25) is 5.91 Å². The van der Waals surface area contributed by atoms with Crippen molar-refractivity contribution in [2.45, 2.75) is 43.2 Å². The molecule has 166 valence electrons. The van der Waals surface area contributed by atoms with Crippen molar-refractivity contribution in [3.8, 4) is 0 Å². The summed E-state index contributed by atoms with van der Waals surface area (Å²) in [6, 6.07) is 11.8. The summed E-state index contributed by atoms with van der Waals surface area (Å²) in [5.74, 6) is 0.275. The van der Waals surface area contributed by atoms with Gasteiger partial charge in [0, 0.05) is 36.8 Å². The highest BCUT2D eigenvalue weighted by Gasteiger charge is 2.55. The van der Waals surface area contributed by atoms with Gasteiger partial charge >= 0.3 is 0 Å². The molecule has 0 bridgehead atoms. The van der Waals surface area contributed by atoms with Gasteiger partial charge in [-0.05, 0) is 48.9 Å². The second kappa shape index (κ2) is 8.51. The van der Waals surface area contributed by atoms with E-state index in [0.29, 0.717) is 25.3 Å². The van der Waals surface area contributed by atoms with Crippen LogP contribution in [0.15, 0.2) is 61.4 Å². The number of pyridine rings is 1. The molecule has 2 aromatic rings. The molecule has 6 heteroatoms. The van der Waals surface area contributed by atoms with Crippen LogP contribution >= 0.6 is 0 Å². The lowest BCUT2D eigenvalue weighted by molar-refractivity contribution is -0.125. The number of hydrogen-bond donors (Lipinski definition) is 1. The number of carbonyl (C=O) groups excluding carboxylic acids is 2. The number of fused-ring (bicyclic) bond motifs is 2. The number of piperidine rings is 1. The van der Waals surface area contributed by atoms with Gasteiger partial charge in [-0.2, -0.15) is 0 Å². The van der Waals surface area contributed by atoms with Gasteiger partial charge in [0.05, 0.1) is 24.3 Å². The van der Waals surface area contributed by atoms with Crippen molar-refractivity contribution in [1.29, 1.82) is 0 Å². The molecular weight excluding hydrogens is 402 g/mol. The lowest BCUT2D eigenvalue weighted by atomic mass is 9.71. The normalized spacial score (nSPS) is 23.6. The Morgan fingerprint density at radius 3 is 2.66 bits per heavy atom. The van der Waals surface area contributed by atoms with Crippen molar-refractivity contribution in [3.05, 3.63) is 78.1 Å². The Morgan fingerprint density at radius 1 is 1.19 bits per heavy atom. The van der Waals surface area contributed by atoms with E-state index in [2.05, 4.69) is 35.1 Å². The van der Waals surface area contributed by atoms with Crippen molar-refractivity contribution in [2.75, 3.05) is 19.7 Å². The SMILES string of the molecule is C=CCO[C@H]1[C@H](NC(=O)C2CC2)c2ccccc2C12CCN(C(=O)c1cccnc1)CC2.